The summed E-state index contributed by atoms with van der Waals surface area (Å²) in [6, 6.07) is 16.5. The van der Waals surface area contributed by atoms with E-state index in [-0.39, 0.29) is 11.8 Å². The van der Waals surface area contributed by atoms with Gasteiger partial charge in [0, 0.05) is 18.2 Å². The maximum Gasteiger partial charge on any atom is 0.227 e. The number of hydrogen-bond donors (Lipinski definition) is 1. The van der Waals surface area contributed by atoms with Crippen molar-refractivity contribution in [3.63, 3.8) is 0 Å². The number of amides is 1. The molecule has 5 heteroatoms. The molecule has 0 radical (unpaired) electrons. The Bertz CT molecular complexity index is 968. The zero-order chi connectivity index (χ0) is 20.2. The molecular weight excluding hydrogens is 360 g/mol. The van der Waals surface area contributed by atoms with Crippen molar-refractivity contribution in [2.45, 2.75) is 46.2 Å². The third-order valence-electron chi connectivity index (χ3n) is 6.00. The average Bonchev–Trinajstić information content (AvgIpc) is 3.11. The molecule has 5 nitrogen and oxygen atoms in total. The highest BCUT2D eigenvalue weighted by Crippen LogP contribution is 2.23. The number of aromatic nitrogens is 2. The molecule has 1 N–H and O–H groups in total. The molecule has 0 unspecified atom stereocenters. The molecule has 29 heavy (non-hydrogen) atoms. The number of likely N-dealkylation sites (tertiary alicyclic amines) is 1. The molecule has 0 bridgehead atoms. The summed E-state index contributed by atoms with van der Waals surface area (Å²) in [6.07, 6.45) is 2.80. The van der Waals surface area contributed by atoms with Gasteiger partial charge in [0.05, 0.1) is 17.6 Å². The minimum Gasteiger partial charge on any atom is -0.327 e. The Morgan fingerprint density at radius 2 is 1.79 bits per heavy atom. The van der Waals surface area contributed by atoms with Gasteiger partial charge in [0.2, 0.25) is 5.91 Å². The SMILES string of the molecule is CCc1ccc(NC(=O)C2CCN(Cc3nc4ccccc4n3CC)CC2)cc1. The number of fused-ring (bicyclic) bond motifs is 1. The van der Waals surface area contributed by atoms with Gasteiger partial charge in [-0.05, 0) is 69.1 Å². The number of carbonyl (C=O) groups excluding carboxylic acids is 1. The Hall–Kier alpha value is -2.66. The van der Waals surface area contributed by atoms with Crippen LogP contribution in [0.2, 0.25) is 0 Å². The largest absolute Gasteiger partial charge is 0.327 e. The van der Waals surface area contributed by atoms with Crippen LogP contribution >= 0.6 is 0 Å². The fourth-order valence-electron chi connectivity index (χ4n) is 4.22. The van der Waals surface area contributed by atoms with Gasteiger partial charge < -0.3 is 9.88 Å². The first-order valence-electron chi connectivity index (χ1n) is 10.7. The summed E-state index contributed by atoms with van der Waals surface area (Å²) in [6.45, 7) is 7.93. The van der Waals surface area contributed by atoms with Crippen molar-refractivity contribution < 1.29 is 4.79 Å². The lowest BCUT2D eigenvalue weighted by molar-refractivity contribution is -0.121. The number of nitrogens with one attached hydrogen (secondary N) is 1. The lowest BCUT2D eigenvalue weighted by atomic mass is 9.95. The molecule has 4 rings (SSSR count). The second-order valence-electron chi connectivity index (χ2n) is 7.85. The van der Waals surface area contributed by atoms with Crippen LogP contribution in [0.5, 0.6) is 0 Å². The molecule has 2 heterocycles. The monoisotopic (exact) mass is 390 g/mol. The zero-order valence-electron chi connectivity index (χ0n) is 17.4. The van der Waals surface area contributed by atoms with Gasteiger partial charge in [0.25, 0.3) is 0 Å². The summed E-state index contributed by atoms with van der Waals surface area (Å²) >= 11 is 0. The molecule has 1 amide bonds. The third kappa shape index (κ3) is 4.35. The predicted octanol–water partition coefficient (Wildman–Crippen LogP) is 4.47. The number of imidazole rings is 1. The van der Waals surface area contributed by atoms with E-state index in [2.05, 4.69) is 59.0 Å². The minimum atomic E-state index is 0.0853. The molecule has 152 valence electrons. The standard InChI is InChI=1S/C24H30N4O/c1-3-18-9-11-20(12-10-18)25-24(29)19-13-15-27(16-14-19)17-23-26-21-7-5-6-8-22(21)28(23)4-2/h5-12,19H,3-4,13-17H2,1-2H3,(H,25,29). The third-order valence-corrected chi connectivity index (χ3v) is 6.00. The Kier molecular flexibility index (Phi) is 5.95. The number of para-hydroxylation sites is 2. The van der Waals surface area contributed by atoms with Crippen molar-refractivity contribution in [3.8, 4) is 0 Å². The number of carbonyl (C=O) groups is 1. The van der Waals surface area contributed by atoms with E-state index in [0.717, 1.165) is 62.5 Å². The van der Waals surface area contributed by atoms with Crippen LogP contribution in [0, 0.1) is 5.92 Å². The second-order valence-corrected chi connectivity index (χ2v) is 7.85. The summed E-state index contributed by atoms with van der Waals surface area (Å²) in [5.41, 5.74) is 4.45. The molecule has 1 aliphatic heterocycles. The summed E-state index contributed by atoms with van der Waals surface area (Å²) < 4.78 is 2.30. The number of nitrogens with zero attached hydrogens (tertiary/aromatic N) is 3. The fraction of sp³-hybridized carbons (Fsp3) is 0.417. The van der Waals surface area contributed by atoms with Crippen molar-refractivity contribution in [3.05, 3.63) is 59.9 Å². The molecule has 0 atom stereocenters. The van der Waals surface area contributed by atoms with Crippen LogP contribution in [0.1, 0.15) is 38.1 Å². The van der Waals surface area contributed by atoms with Gasteiger partial charge in [-0.2, -0.15) is 0 Å². The van der Waals surface area contributed by atoms with Crippen molar-refractivity contribution in [1.29, 1.82) is 0 Å². The first-order chi connectivity index (χ1) is 14.2. The van der Waals surface area contributed by atoms with Crippen molar-refractivity contribution in [2.75, 3.05) is 18.4 Å². The van der Waals surface area contributed by atoms with E-state index in [4.69, 9.17) is 4.98 Å². The van der Waals surface area contributed by atoms with E-state index in [1.165, 1.54) is 11.1 Å². The molecular formula is C24H30N4O. The molecule has 1 aromatic heterocycles. The molecule has 3 aromatic rings. The van der Waals surface area contributed by atoms with Crippen LogP contribution in [-0.4, -0.2) is 33.4 Å². The fourth-order valence-corrected chi connectivity index (χ4v) is 4.22. The zero-order valence-corrected chi connectivity index (χ0v) is 17.4. The van der Waals surface area contributed by atoms with Crippen molar-refractivity contribution >= 4 is 22.6 Å². The van der Waals surface area contributed by atoms with Gasteiger partial charge in [-0.1, -0.05) is 31.2 Å². The lowest BCUT2D eigenvalue weighted by Crippen LogP contribution is -2.38. The van der Waals surface area contributed by atoms with Crippen LogP contribution in [0.4, 0.5) is 5.69 Å². The Morgan fingerprint density at radius 1 is 1.07 bits per heavy atom. The maximum absolute atomic E-state index is 12.7. The quantitative estimate of drug-likeness (QED) is 0.676. The first-order valence-corrected chi connectivity index (χ1v) is 10.7. The highest BCUT2D eigenvalue weighted by Gasteiger charge is 2.26. The number of anilines is 1. The van der Waals surface area contributed by atoms with Gasteiger partial charge in [0.15, 0.2) is 0 Å². The first kappa shape index (κ1) is 19.6. The maximum atomic E-state index is 12.7. The van der Waals surface area contributed by atoms with E-state index in [1.54, 1.807) is 0 Å². The average molecular weight is 391 g/mol. The molecule has 0 aliphatic carbocycles. The van der Waals surface area contributed by atoms with Gasteiger partial charge in [-0.15, -0.1) is 0 Å². The van der Waals surface area contributed by atoms with Crippen molar-refractivity contribution in [2.24, 2.45) is 5.92 Å². The van der Waals surface area contributed by atoms with Crippen LogP contribution in [0.3, 0.4) is 0 Å². The van der Waals surface area contributed by atoms with E-state index >= 15 is 0 Å². The minimum absolute atomic E-state index is 0.0853. The van der Waals surface area contributed by atoms with Gasteiger partial charge in [0.1, 0.15) is 5.82 Å². The van der Waals surface area contributed by atoms with E-state index in [0.29, 0.717) is 0 Å². The van der Waals surface area contributed by atoms with E-state index < -0.39 is 0 Å². The molecule has 1 aliphatic rings. The Labute approximate surface area is 172 Å². The molecule has 1 saturated heterocycles. The van der Waals surface area contributed by atoms with Gasteiger partial charge in [-0.25, -0.2) is 4.98 Å². The van der Waals surface area contributed by atoms with Crippen LogP contribution in [0.15, 0.2) is 48.5 Å². The smallest absolute Gasteiger partial charge is 0.227 e. The van der Waals surface area contributed by atoms with Crippen LogP contribution < -0.4 is 5.32 Å². The van der Waals surface area contributed by atoms with E-state index in [1.807, 2.05) is 18.2 Å². The summed E-state index contributed by atoms with van der Waals surface area (Å²) in [5, 5.41) is 3.09. The molecule has 0 spiro atoms. The molecule has 0 saturated carbocycles. The highest BCUT2D eigenvalue weighted by molar-refractivity contribution is 5.92. The second kappa shape index (κ2) is 8.78. The number of rotatable bonds is 6. The van der Waals surface area contributed by atoms with Crippen LogP contribution in [0.25, 0.3) is 11.0 Å². The molecule has 1 fully saturated rings. The highest BCUT2D eigenvalue weighted by atomic mass is 16.1. The number of aryl methyl sites for hydroxylation is 2. The summed E-state index contributed by atoms with van der Waals surface area (Å²) in [5.74, 6) is 1.35. The van der Waals surface area contributed by atoms with Crippen LogP contribution in [-0.2, 0) is 24.3 Å². The topological polar surface area (TPSA) is 50.2 Å². The number of benzene rings is 2. The predicted molar refractivity (Wildman–Crippen MR) is 118 cm³/mol. The number of piperidine rings is 1. The number of hydrogen-bond acceptors (Lipinski definition) is 3. The molecule has 2 aromatic carbocycles. The Balaban J connectivity index is 1.34. The van der Waals surface area contributed by atoms with Crippen molar-refractivity contribution in [1.82, 2.24) is 14.5 Å². The van der Waals surface area contributed by atoms with Gasteiger partial charge in [-0.3, -0.25) is 9.69 Å². The summed E-state index contributed by atoms with van der Waals surface area (Å²) in [7, 11) is 0. The summed E-state index contributed by atoms with van der Waals surface area (Å²) in [4.78, 5) is 19.9. The normalized spacial score (nSPS) is 15.7. The van der Waals surface area contributed by atoms with E-state index in [9.17, 15) is 4.79 Å². The Morgan fingerprint density at radius 3 is 2.48 bits per heavy atom. The lowest BCUT2D eigenvalue weighted by Gasteiger charge is -2.31. The van der Waals surface area contributed by atoms with Gasteiger partial charge >= 0.3 is 0 Å².